The van der Waals surface area contributed by atoms with Crippen molar-refractivity contribution in [3.8, 4) is 0 Å². The van der Waals surface area contributed by atoms with E-state index in [4.69, 9.17) is 11.6 Å². The molecule has 0 bridgehead atoms. The normalized spacial score (nSPS) is 10.8. The van der Waals surface area contributed by atoms with E-state index in [1.807, 2.05) is 0 Å². The van der Waals surface area contributed by atoms with Crippen molar-refractivity contribution < 1.29 is 0 Å². The van der Waals surface area contributed by atoms with Crippen LogP contribution >= 0.6 is 59.4 Å². The van der Waals surface area contributed by atoms with Gasteiger partial charge in [0.15, 0.2) is 19.0 Å². The van der Waals surface area contributed by atoms with Crippen LogP contribution < -0.4 is 0 Å². The van der Waals surface area contributed by atoms with Crippen molar-refractivity contribution >= 4 is 59.4 Å². The molecule has 0 saturated heterocycles. The number of halogens is 4. The summed E-state index contributed by atoms with van der Waals surface area (Å²) in [6.07, 6.45) is 0. The van der Waals surface area contributed by atoms with Crippen LogP contribution in [0.3, 0.4) is 0 Å². The molecule has 0 N–H and O–H groups in total. The zero-order valence-electron chi connectivity index (χ0n) is 18.1. The van der Waals surface area contributed by atoms with E-state index in [0.29, 0.717) is 22.8 Å². The van der Waals surface area contributed by atoms with Crippen molar-refractivity contribution in [3.05, 3.63) is 88.7 Å². The fourth-order valence-corrected chi connectivity index (χ4v) is 4.32. The molecule has 2 aromatic heterocycles. The lowest BCUT2D eigenvalue weighted by molar-refractivity contribution is 0.586. The highest BCUT2D eigenvalue weighted by molar-refractivity contribution is 9.13. The van der Waals surface area contributed by atoms with Crippen molar-refractivity contribution in [1.29, 1.82) is 0 Å². The number of benzene rings is 2. The molecule has 2 heterocycles. The molecule has 4 rings (SSSR count). The average Bonchev–Trinajstić information content (AvgIpc) is 3.13. The Kier molecular flexibility index (Phi) is 8.66. The number of hydrogen-bond donors (Lipinski definition) is 0. The maximum Gasteiger partial charge on any atom is 0.185 e. The Balaban J connectivity index is 0.000000181. The molecular formula is C22H22Br3ClN6. The summed E-state index contributed by atoms with van der Waals surface area (Å²) in [5, 5.41) is 17.1. The molecule has 168 valence electrons. The summed E-state index contributed by atoms with van der Waals surface area (Å²) in [5.74, 6) is 0. The summed E-state index contributed by atoms with van der Waals surface area (Å²) in [6.45, 7) is 9.67. The average molecular weight is 646 g/mol. The van der Waals surface area contributed by atoms with Crippen LogP contribution in [0.15, 0.2) is 50.2 Å². The maximum absolute atomic E-state index is 5.82. The number of rotatable bonds is 4. The van der Waals surface area contributed by atoms with E-state index < -0.39 is 0 Å². The van der Waals surface area contributed by atoms with Crippen LogP contribution in [-0.4, -0.2) is 30.0 Å². The molecule has 10 heteroatoms. The SMILES string of the molecule is Cc1cc(C)cc(Cn2nc(Br)c(Br)n2)c1.Cc1cc(C)cc(Cn2nc(Cl)c(Br)n2)c1. The molecule has 0 aliphatic rings. The lowest BCUT2D eigenvalue weighted by Crippen LogP contribution is -2.04. The minimum absolute atomic E-state index is 0.393. The quantitative estimate of drug-likeness (QED) is 0.244. The highest BCUT2D eigenvalue weighted by Crippen LogP contribution is 2.19. The predicted octanol–water partition coefficient (Wildman–Crippen LogP) is 6.83. The summed E-state index contributed by atoms with van der Waals surface area (Å²) < 4.78 is 2.05. The first-order chi connectivity index (χ1) is 15.1. The number of nitrogens with zero attached hydrogens (tertiary/aromatic N) is 6. The van der Waals surface area contributed by atoms with Crippen molar-refractivity contribution in [1.82, 2.24) is 30.0 Å². The van der Waals surface area contributed by atoms with Crippen molar-refractivity contribution in [2.45, 2.75) is 40.8 Å². The van der Waals surface area contributed by atoms with Crippen molar-refractivity contribution in [2.24, 2.45) is 0 Å². The monoisotopic (exact) mass is 642 g/mol. The topological polar surface area (TPSA) is 61.4 Å². The first kappa shape index (κ1) is 25.1. The molecule has 0 amide bonds. The van der Waals surface area contributed by atoms with Crippen LogP contribution in [0.5, 0.6) is 0 Å². The maximum atomic E-state index is 5.82. The van der Waals surface area contributed by atoms with E-state index in [1.54, 1.807) is 9.59 Å². The Bertz CT molecular complexity index is 1060. The first-order valence-corrected chi connectivity index (χ1v) is 12.5. The van der Waals surface area contributed by atoms with Gasteiger partial charge in [-0.3, -0.25) is 0 Å². The summed E-state index contributed by atoms with van der Waals surface area (Å²) in [4.78, 5) is 3.25. The number of aromatic nitrogens is 6. The Hall–Kier alpha value is -1.55. The van der Waals surface area contributed by atoms with Gasteiger partial charge < -0.3 is 0 Å². The minimum atomic E-state index is 0.393. The lowest BCUT2D eigenvalue weighted by atomic mass is 10.1. The Morgan fingerprint density at radius 1 is 0.594 bits per heavy atom. The Morgan fingerprint density at radius 3 is 1.28 bits per heavy atom. The number of aryl methyl sites for hydroxylation is 4. The van der Waals surface area contributed by atoms with E-state index in [9.17, 15) is 0 Å². The van der Waals surface area contributed by atoms with Gasteiger partial charge in [-0.15, -0.1) is 20.4 Å². The van der Waals surface area contributed by atoms with Gasteiger partial charge in [-0.1, -0.05) is 70.3 Å². The largest absolute Gasteiger partial charge is 0.185 e. The van der Waals surface area contributed by atoms with E-state index in [0.717, 1.165) is 9.21 Å². The predicted molar refractivity (Wildman–Crippen MR) is 138 cm³/mol. The zero-order chi connectivity index (χ0) is 23.4. The highest BCUT2D eigenvalue weighted by atomic mass is 79.9. The fourth-order valence-electron chi connectivity index (χ4n) is 3.40. The molecule has 32 heavy (non-hydrogen) atoms. The summed E-state index contributed by atoms with van der Waals surface area (Å²) in [7, 11) is 0. The first-order valence-electron chi connectivity index (χ1n) is 9.75. The van der Waals surface area contributed by atoms with Crippen LogP contribution in [0.4, 0.5) is 0 Å². The molecule has 0 atom stereocenters. The smallest absolute Gasteiger partial charge is 0.178 e. The standard InChI is InChI=1S/C11H11Br2N3.C11H11BrClN3/c2*1-7-3-8(2)5-9(4-7)6-16-14-10(12)11(13)15-16/h2*3-5H,6H2,1-2H3. The molecule has 0 aliphatic carbocycles. The van der Waals surface area contributed by atoms with E-state index in [2.05, 4.69) is 132 Å². The van der Waals surface area contributed by atoms with Gasteiger partial charge in [0.2, 0.25) is 0 Å². The van der Waals surface area contributed by atoms with Gasteiger partial charge in [-0.05, 0) is 86.6 Å². The van der Waals surface area contributed by atoms with Crippen LogP contribution in [-0.2, 0) is 13.1 Å². The Morgan fingerprint density at radius 2 is 0.938 bits per heavy atom. The molecule has 0 radical (unpaired) electrons. The molecule has 2 aromatic carbocycles. The van der Waals surface area contributed by atoms with Gasteiger partial charge in [0.1, 0.15) is 0 Å². The van der Waals surface area contributed by atoms with Gasteiger partial charge in [0.05, 0.1) is 13.1 Å². The fraction of sp³-hybridized carbons (Fsp3) is 0.273. The molecule has 6 nitrogen and oxygen atoms in total. The summed E-state index contributed by atoms with van der Waals surface area (Å²) in [5.41, 5.74) is 7.41. The second-order valence-corrected chi connectivity index (χ2v) is 10.2. The second-order valence-electron chi connectivity index (χ2n) is 7.62. The number of hydrogen-bond acceptors (Lipinski definition) is 4. The van der Waals surface area contributed by atoms with Gasteiger partial charge in [0.25, 0.3) is 0 Å². The molecule has 0 aliphatic heterocycles. The molecule has 0 fully saturated rings. The third kappa shape index (κ3) is 7.23. The van der Waals surface area contributed by atoms with E-state index in [-0.39, 0.29) is 0 Å². The van der Waals surface area contributed by atoms with Crippen LogP contribution in [0, 0.1) is 27.7 Å². The van der Waals surface area contributed by atoms with Gasteiger partial charge >= 0.3 is 0 Å². The van der Waals surface area contributed by atoms with Crippen LogP contribution in [0.2, 0.25) is 5.15 Å². The lowest BCUT2D eigenvalue weighted by Gasteiger charge is -2.03. The molecule has 4 aromatic rings. The minimum Gasteiger partial charge on any atom is -0.178 e. The Labute approximate surface area is 217 Å². The van der Waals surface area contributed by atoms with Crippen LogP contribution in [0.25, 0.3) is 0 Å². The van der Waals surface area contributed by atoms with Crippen molar-refractivity contribution in [3.63, 3.8) is 0 Å². The van der Waals surface area contributed by atoms with E-state index >= 15 is 0 Å². The van der Waals surface area contributed by atoms with E-state index in [1.165, 1.54) is 33.4 Å². The van der Waals surface area contributed by atoms with Crippen molar-refractivity contribution in [2.75, 3.05) is 0 Å². The second kappa shape index (κ2) is 11.0. The third-order valence-electron chi connectivity index (χ3n) is 4.36. The molecule has 0 spiro atoms. The van der Waals surface area contributed by atoms with Gasteiger partial charge in [-0.2, -0.15) is 9.59 Å². The molecule has 0 saturated carbocycles. The van der Waals surface area contributed by atoms with Gasteiger partial charge in [-0.25, -0.2) is 0 Å². The van der Waals surface area contributed by atoms with Gasteiger partial charge in [0, 0.05) is 0 Å². The zero-order valence-corrected chi connectivity index (χ0v) is 23.6. The highest BCUT2D eigenvalue weighted by Gasteiger charge is 2.07. The third-order valence-corrected chi connectivity index (χ3v) is 6.98. The molecular weight excluding hydrogens is 623 g/mol. The summed E-state index contributed by atoms with van der Waals surface area (Å²) in [6, 6.07) is 12.8. The summed E-state index contributed by atoms with van der Waals surface area (Å²) >= 11 is 15.7. The van der Waals surface area contributed by atoms with Crippen LogP contribution in [0.1, 0.15) is 33.4 Å². The molecule has 0 unspecified atom stereocenters.